The van der Waals surface area contributed by atoms with Gasteiger partial charge in [-0.2, -0.15) is 0 Å². The molecule has 2 aromatic rings. The van der Waals surface area contributed by atoms with Gasteiger partial charge in [-0.05, 0) is 25.0 Å². The molecule has 0 bridgehead atoms. The van der Waals surface area contributed by atoms with Crippen molar-refractivity contribution < 1.29 is 15.0 Å². The van der Waals surface area contributed by atoms with Crippen molar-refractivity contribution in [1.29, 1.82) is 0 Å². The van der Waals surface area contributed by atoms with Gasteiger partial charge in [-0.1, -0.05) is 12.1 Å². The number of hydrogen-bond acceptors (Lipinski definition) is 2. The Morgan fingerprint density at radius 2 is 2.25 bits per heavy atom. The van der Waals surface area contributed by atoms with Gasteiger partial charge in [0.1, 0.15) is 11.8 Å². The number of hydrogen-bond donors (Lipinski definition) is 2. The highest BCUT2D eigenvalue weighted by Gasteiger charge is 2.30. The average molecular weight is 217 g/mol. The van der Waals surface area contributed by atoms with Crippen molar-refractivity contribution in [3.05, 3.63) is 30.0 Å². The topological polar surface area (TPSA) is 62.5 Å². The van der Waals surface area contributed by atoms with E-state index in [1.807, 2.05) is 12.1 Å². The number of carboxylic acids is 1. The van der Waals surface area contributed by atoms with Crippen molar-refractivity contribution in [2.75, 3.05) is 0 Å². The lowest BCUT2D eigenvalue weighted by Crippen LogP contribution is -2.14. The Hall–Kier alpha value is -1.97. The van der Waals surface area contributed by atoms with Crippen LogP contribution in [-0.2, 0) is 11.2 Å². The monoisotopic (exact) mass is 217 g/mol. The van der Waals surface area contributed by atoms with E-state index in [-0.39, 0.29) is 5.75 Å². The second-order valence-electron chi connectivity index (χ2n) is 4.11. The average Bonchev–Trinajstić information content (AvgIpc) is 2.74. The molecule has 4 nitrogen and oxygen atoms in total. The molecule has 2 heterocycles. The first-order valence-corrected chi connectivity index (χ1v) is 5.23. The molecule has 1 unspecified atom stereocenters. The van der Waals surface area contributed by atoms with E-state index in [0.717, 1.165) is 17.5 Å². The number of carbonyl (C=O) groups is 1. The van der Waals surface area contributed by atoms with Gasteiger partial charge in [-0.15, -0.1) is 0 Å². The maximum absolute atomic E-state index is 11.1. The summed E-state index contributed by atoms with van der Waals surface area (Å²) in [5, 5.41) is 19.8. The molecule has 0 saturated heterocycles. The Kier molecular flexibility index (Phi) is 1.74. The minimum Gasteiger partial charge on any atom is -0.506 e. The number of rotatable bonds is 1. The molecule has 82 valence electrons. The zero-order chi connectivity index (χ0) is 11.3. The van der Waals surface area contributed by atoms with Gasteiger partial charge in [0.25, 0.3) is 0 Å². The summed E-state index contributed by atoms with van der Waals surface area (Å²) in [6.07, 6.45) is 1.36. The van der Waals surface area contributed by atoms with Gasteiger partial charge < -0.3 is 14.8 Å². The van der Waals surface area contributed by atoms with E-state index in [2.05, 4.69) is 0 Å². The first-order chi connectivity index (χ1) is 7.68. The smallest absolute Gasteiger partial charge is 0.326 e. The summed E-state index contributed by atoms with van der Waals surface area (Å²) < 4.78 is 1.74. The Morgan fingerprint density at radius 3 is 3.00 bits per heavy atom. The van der Waals surface area contributed by atoms with Crippen LogP contribution in [0.2, 0.25) is 0 Å². The molecule has 0 radical (unpaired) electrons. The summed E-state index contributed by atoms with van der Waals surface area (Å²) in [6, 6.07) is 6.66. The SMILES string of the molecule is O=C(O)C1CCc2cc3cccc(O)c3n21. The minimum atomic E-state index is -0.834. The number of benzene rings is 1. The van der Waals surface area contributed by atoms with E-state index in [9.17, 15) is 9.90 Å². The number of carboxylic acid groups (broad SMARTS) is 1. The number of aromatic hydroxyl groups is 1. The fourth-order valence-electron chi connectivity index (χ4n) is 2.52. The summed E-state index contributed by atoms with van der Waals surface area (Å²) in [5.74, 6) is -0.684. The van der Waals surface area contributed by atoms with Crippen LogP contribution in [0.1, 0.15) is 18.2 Å². The number of aryl methyl sites for hydroxylation is 1. The van der Waals surface area contributed by atoms with Crippen LogP contribution in [0.5, 0.6) is 5.75 Å². The second kappa shape index (κ2) is 3.01. The van der Waals surface area contributed by atoms with Crippen molar-refractivity contribution in [3.63, 3.8) is 0 Å². The first kappa shape index (κ1) is 9.27. The summed E-state index contributed by atoms with van der Waals surface area (Å²) in [5.41, 5.74) is 1.63. The van der Waals surface area contributed by atoms with Crippen molar-refractivity contribution in [3.8, 4) is 5.75 Å². The van der Waals surface area contributed by atoms with Crippen molar-refractivity contribution in [1.82, 2.24) is 4.57 Å². The summed E-state index contributed by atoms with van der Waals surface area (Å²) in [6.45, 7) is 0. The number of para-hydroxylation sites is 1. The first-order valence-electron chi connectivity index (χ1n) is 5.23. The van der Waals surface area contributed by atoms with Gasteiger partial charge >= 0.3 is 5.97 Å². The predicted octanol–water partition coefficient (Wildman–Crippen LogP) is 1.92. The lowest BCUT2D eigenvalue weighted by molar-refractivity contribution is -0.140. The van der Waals surface area contributed by atoms with Crippen molar-refractivity contribution in [2.45, 2.75) is 18.9 Å². The van der Waals surface area contributed by atoms with E-state index in [1.165, 1.54) is 0 Å². The molecule has 2 N–H and O–H groups in total. The molecule has 1 aromatic carbocycles. The molecule has 16 heavy (non-hydrogen) atoms. The fourth-order valence-corrected chi connectivity index (χ4v) is 2.52. The highest BCUT2D eigenvalue weighted by atomic mass is 16.4. The molecule has 0 aliphatic carbocycles. The molecule has 0 fully saturated rings. The highest BCUT2D eigenvalue weighted by Crippen LogP contribution is 2.37. The molecular weight excluding hydrogens is 206 g/mol. The zero-order valence-electron chi connectivity index (χ0n) is 8.55. The Morgan fingerprint density at radius 1 is 1.44 bits per heavy atom. The van der Waals surface area contributed by atoms with Gasteiger partial charge in [-0.3, -0.25) is 0 Å². The Labute approximate surface area is 91.7 Å². The molecule has 0 saturated carbocycles. The number of phenols is 1. The van der Waals surface area contributed by atoms with Crippen LogP contribution < -0.4 is 0 Å². The van der Waals surface area contributed by atoms with Gasteiger partial charge in [-0.25, -0.2) is 4.79 Å². The van der Waals surface area contributed by atoms with Crippen LogP contribution in [0, 0.1) is 0 Å². The van der Waals surface area contributed by atoms with Gasteiger partial charge in [0.2, 0.25) is 0 Å². The zero-order valence-corrected chi connectivity index (χ0v) is 8.55. The number of nitrogens with zero attached hydrogens (tertiary/aromatic N) is 1. The van der Waals surface area contributed by atoms with E-state index in [4.69, 9.17) is 5.11 Å². The molecular formula is C12H11NO3. The summed E-state index contributed by atoms with van der Waals surface area (Å²) in [4.78, 5) is 11.1. The second-order valence-corrected chi connectivity index (χ2v) is 4.11. The van der Waals surface area contributed by atoms with Gasteiger partial charge in [0.15, 0.2) is 0 Å². The lowest BCUT2D eigenvalue weighted by Gasteiger charge is -2.10. The van der Waals surface area contributed by atoms with E-state index in [1.54, 1.807) is 16.7 Å². The standard InChI is InChI=1S/C12H11NO3/c14-10-3-1-2-7-6-8-4-5-9(12(15)16)13(8)11(7)10/h1-3,6,9,14H,4-5H2,(H,15,16). The molecule has 0 spiro atoms. The quantitative estimate of drug-likeness (QED) is 0.767. The van der Waals surface area contributed by atoms with Gasteiger partial charge in [0.05, 0.1) is 5.52 Å². The van der Waals surface area contributed by atoms with Crippen LogP contribution in [0.4, 0.5) is 0 Å². The van der Waals surface area contributed by atoms with Crippen LogP contribution in [0.15, 0.2) is 24.3 Å². The Balaban J connectivity index is 2.34. The largest absolute Gasteiger partial charge is 0.506 e. The van der Waals surface area contributed by atoms with Crippen molar-refractivity contribution >= 4 is 16.9 Å². The van der Waals surface area contributed by atoms with Crippen LogP contribution in [-0.4, -0.2) is 20.7 Å². The lowest BCUT2D eigenvalue weighted by atomic mass is 10.1. The number of fused-ring (bicyclic) bond motifs is 3. The highest BCUT2D eigenvalue weighted by molar-refractivity contribution is 5.89. The van der Waals surface area contributed by atoms with Crippen LogP contribution >= 0.6 is 0 Å². The van der Waals surface area contributed by atoms with Crippen LogP contribution in [0.3, 0.4) is 0 Å². The number of aliphatic carboxylic acids is 1. The summed E-state index contributed by atoms with van der Waals surface area (Å²) >= 11 is 0. The molecule has 1 aliphatic rings. The Bertz CT molecular complexity index is 585. The third kappa shape index (κ3) is 1.07. The van der Waals surface area contributed by atoms with E-state index >= 15 is 0 Å². The summed E-state index contributed by atoms with van der Waals surface area (Å²) in [7, 11) is 0. The van der Waals surface area contributed by atoms with E-state index in [0.29, 0.717) is 11.9 Å². The number of phenolic OH excluding ortho intramolecular Hbond substituents is 1. The maximum Gasteiger partial charge on any atom is 0.326 e. The van der Waals surface area contributed by atoms with Crippen molar-refractivity contribution in [2.24, 2.45) is 0 Å². The maximum atomic E-state index is 11.1. The number of aromatic nitrogens is 1. The molecule has 0 amide bonds. The molecule has 3 rings (SSSR count). The normalized spacial score (nSPS) is 18.9. The third-order valence-electron chi connectivity index (χ3n) is 3.19. The predicted molar refractivity (Wildman–Crippen MR) is 58.6 cm³/mol. The van der Waals surface area contributed by atoms with Gasteiger partial charge in [0, 0.05) is 11.1 Å². The van der Waals surface area contributed by atoms with E-state index < -0.39 is 12.0 Å². The molecule has 4 heteroatoms. The molecule has 1 aliphatic heterocycles. The fraction of sp³-hybridized carbons (Fsp3) is 0.250. The minimum absolute atomic E-state index is 0.150. The molecule has 1 atom stereocenters. The third-order valence-corrected chi connectivity index (χ3v) is 3.19. The van der Waals surface area contributed by atoms with Crippen LogP contribution in [0.25, 0.3) is 10.9 Å². The molecule has 1 aromatic heterocycles.